The first-order chi connectivity index (χ1) is 27.6. The van der Waals surface area contributed by atoms with Crippen LogP contribution in [0.15, 0.2) is 72.9 Å². The van der Waals surface area contributed by atoms with Crippen molar-refractivity contribution in [2.45, 2.75) is 180 Å². The van der Waals surface area contributed by atoms with Crippen molar-refractivity contribution in [3.63, 3.8) is 0 Å². The second-order valence-electron chi connectivity index (χ2n) is 15.9. The molecule has 0 radical (unpaired) electrons. The van der Waals surface area contributed by atoms with Gasteiger partial charge in [-0.1, -0.05) is 145 Å². The number of unbranched alkanes of at least 4 members (excludes halogenated alkanes) is 13. The fraction of sp³-hybridized carbons (Fsp3) is 0.694. The van der Waals surface area contributed by atoms with Gasteiger partial charge in [0, 0.05) is 19.3 Å². The molecule has 0 spiro atoms. The van der Waals surface area contributed by atoms with Gasteiger partial charge >= 0.3 is 11.9 Å². The van der Waals surface area contributed by atoms with Crippen LogP contribution < -0.4 is 5.11 Å². The monoisotopic (exact) mass is 798 g/mol. The lowest BCUT2D eigenvalue weighted by molar-refractivity contribution is -0.889. The third-order valence-corrected chi connectivity index (χ3v) is 9.59. The summed E-state index contributed by atoms with van der Waals surface area (Å²) in [5, 5.41) is 11.6. The highest BCUT2D eigenvalue weighted by atomic mass is 16.6. The van der Waals surface area contributed by atoms with Crippen LogP contribution >= 0.6 is 0 Å². The van der Waals surface area contributed by atoms with Gasteiger partial charge in [0.2, 0.25) is 0 Å². The molecule has 0 aliphatic rings. The normalized spacial score (nSPS) is 13.6. The van der Waals surface area contributed by atoms with Gasteiger partial charge < -0.3 is 28.6 Å². The lowest BCUT2D eigenvalue weighted by Gasteiger charge is -2.34. The minimum Gasteiger partial charge on any atom is -0.544 e. The molecule has 0 aromatic carbocycles. The quantitative estimate of drug-likeness (QED) is 0.0264. The van der Waals surface area contributed by atoms with Crippen molar-refractivity contribution in [1.82, 2.24) is 0 Å². The molecule has 0 aliphatic heterocycles. The van der Waals surface area contributed by atoms with E-state index in [9.17, 15) is 19.5 Å². The Hall–Kier alpha value is -3.23. The van der Waals surface area contributed by atoms with Crippen LogP contribution in [0.3, 0.4) is 0 Å². The molecule has 0 fully saturated rings. The van der Waals surface area contributed by atoms with Crippen molar-refractivity contribution in [2.75, 3.05) is 41.0 Å². The second kappa shape index (κ2) is 39.6. The number of carbonyl (C=O) groups is 3. The molecule has 0 saturated carbocycles. The van der Waals surface area contributed by atoms with E-state index in [-0.39, 0.29) is 42.7 Å². The molecule has 0 N–H and O–H groups in total. The summed E-state index contributed by atoms with van der Waals surface area (Å²) in [6, 6.07) is -0.733. The van der Waals surface area contributed by atoms with E-state index in [1.807, 2.05) is 0 Å². The second-order valence-corrected chi connectivity index (χ2v) is 15.9. The molecule has 0 heterocycles. The molecule has 0 aromatic heterocycles. The molecule has 0 aromatic rings. The Morgan fingerprint density at radius 3 is 1.37 bits per heavy atom. The number of likely N-dealkylation sites (N-methyl/N-ethyl adjacent to an activating group) is 1. The van der Waals surface area contributed by atoms with Gasteiger partial charge in [-0.05, 0) is 77.0 Å². The number of quaternary nitrogens is 1. The zero-order valence-electron chi connectivity index (χ0n) is 37.0. The molecule has 57 heavy (non-hydrogen) atoms. The maximum absolute atomic E-state index is 12.7. The molecule has 0 saturated heterocycles. The summed E-state index contributed by atoms with van der Waals surface area (Å²) >= 11 is 0. The average molecular weight is 798 g/mol. The topological polar surface area (TPSA) is 102 Å². The summed E-state index contributed by atoms with van der Waals surface area (Å²) in [6.45, 7) is 4.40. The highest BCUT2D eigenvalue weighted by molar-refractivity contribution is 5.70. The smallest absolute Gasteiger partial charge is 0.306 e. The van der Waals surface area contributed by atoms with Crippen molar-refractivity contribution in [3.05, 3.63) is 72.9 Å². The van der Waals surface area contributed by atoms with Crippen LogP contribution in [0.4, 0.5) is 0 Å². The zero-order chi connectivity index (χ0) is 42.1. The highest BCUT2D eigenvalue weighted by Crippen LogP contribution is 2.14. The standard InChI is InChI=1S/C49H83NO7/c1-6-8-10-12-14-16-18-20-22-23-24-25-26-28-30-32-34-36-38-40-48(52)57-45(43-55-42-41-46(49(53)54)50(3,4)5)44-56-47(51)39-37-35-33-31-29-27-21-19-17-15-13-11-9-7-2/h8-11,14-17,20-22,27,45-46H,6-7,12-13,18-19,23-26,28-44H2,1-5H3/b10-8+,11-9+,16-14+,17-15+,22-20+,27-21+. The van der Waals surface area contributed by atoms with Crippen molar-refractivity contribution >= 4 is 17.9 Å². The molecule has 326 valence electrons. The number of aliphatic carboxylic acids is 1. The molecule has 2 unspecified atom stereocenters. The minimum absolute atomic E-state index is 0.0278. The number of ether oxygens (including phenoxy) is 3. The maximum Gasteiger partial charge on any atom is 0.306 e. The van der Waals surface area contributed by atoms with E-state index < -0.39 is 18.1 Å². The third kappa shape index (κ3) is 38.1. The van der Waals surface area contributed by atoms with E-state index in [2.05, 4.69) is 86.8 Å². The first-order valence-corrected chi connectivity index (χ1v) is 22.5. The Morgan fingerprint density at radius 2 is 0.930 bits per heavy atom. The van der Waals surface area contributed by atoms with E-state index >= 15 is 0 Å². The number of nitrogens with zero attached hydrogens (tertiary/aromatic N) is 1. The highest BCUT2D eigenvalue weighted by Gasteiger charge is 2.25. The molecule has 8 heteroatoms. The summed E-state index contributed by atoms with van der Waals surface area (Å²) in [6.07, 6.45) is 49.2. The average Bonchev–Trinajstić information content (AvgIpc) is 3.17. The first-order valence-electron chi connectivity index (χ1n) is 22.5. The van der Waals surface area contributed by atoms with Crippen molar-refractivity contribution in [2.24, 2.45) is 0 Å². The van der Waals surface area contributed by atoms with E-state index in [4.69, 9.17) is 14.2 Å². The molecule has 8 nitrogen and oxygen atoms in total. The van der Waals surface area contributed by atoms with Crippen LogP contribution in [0.5, 0.6) is 0 Å². The molecule has 0 rings (SSSR count). The van der Waals surface area contributed by atoms with E-state index in [1.54, 1.807) is 21.1 Å². The third-order valence-electron chi connectivity index (χ3n) is 9.59. The van der Waals surface area contributed by atoms with Crippen LogP contribution in [-0.4, -0.2) is 75.5 Å². The van der Waals surface area contributed by atoms with Gasteiger partial charge in [0.05, 0.1) is 40.3 Å². The molecular formula is C49H83NO7. The van der Waals surface area contributed by atoms with E-state index in [0.29, 0.717) is 12.8 Å². The number of carbonyl (C=O) groups excluding carboxylic acids is 3. The van der Waals surface area contributed by atoms with Crippen LogP contribution in [0.1, 0.15) is 168 Å². The summed E-state index contributed by atoms with van der Waals surface area (Å²) < 4.78 is 17.1. The Labute approximate surface area is 349 Å². The maximum atomic E-state index is 12.7. The van der Waals surface area contributed by atoms with Gasteiger partial charge in [-0.15, -0.1) is 0 Å². The van der Waals surface area contributed by atoms with Crippen LogP contribution in [0.2, 0.25) is 0 Å². The fourth-order valence-corrected chi connectivity index (χ4v) is 6.16. The predicted molar refractivity (Wildman–Crippen MR) is 235 cm³/mol. The molecule has 0 bridgehead atoms. The van der Waals surface area contributed by atoms with Gasteiger partial charge in [0.1, 0.15) is 12.6 Å². The number of carboxylic acid groups (broad SMARTS) is 1. The van der Waals surface area contributed by atoms with E-state index in [1.165, 1.54) is 38.5 Å². The van der Waals surface area contributed by atoms with Crippen LogP contribution in [0.25, 0.3) is 0 Å². The van der Waals surface area contributed by atoms with Crippen molar-refractivity contribution in [3.8, 4) is 0 Å². The molecule has 0 aliphatic carbocycles. The molecule has 0 amide bonds. The molecular weight excluding hydrogens is 715 g/mol. The summed E-state index contributed by atoms with van der Waals surface area (Å²) in [7, 11) is 5.39. The minimum atomic E-state index is -1.13. The Morgan fingerprint density at radius 1 is 0.526 bits per heavy atom. The Balaban J connectivity index is 4.36. The van der Waals surface area contributed by atoms with Gasteiger partial charge in [-0.3, -0.25) is 9.59 Å². The fourth-order valence-electron chi connectivity index (χ4n) is 6.16. The molecule has 2 atom stereocenters. The van der Waals surface area contributed by atoms with Crippen molar-refractivity contribution < 1.29 is 38.2 Å². The lowest BCUT2D eigenvalue weighted by atomic mass is 10.1. The van der Waals surface area contributed by atoms with Gasteiger partial charge in [-0.2, -0.15) is 0 Å². The summed E-state index contributed by atoms with van der Waals surface area (Å²) in [5.41, 5.74) is 0. The van der Waals surface area contributed by atoms with Gasteiger partial charge in [0.15, 0.2) is 6.10 Å². The SMILES string of the molecule is CC/C=C/C/C=C/C/C=C/CCCCCCCCCCCC(=O)OC(COCCC(C(=O)[O-])[N+](C)(C)C)COC(=O)CCCCCC/C=C/C/C=C/C/C=C/CC. The lowest BCUT2D eigenvalue weighted by Crippen LogP contribution is -2.55. The van der Waals surface area contributed by atoms with Crippen molar-refractivity contribution in [1.29, 1.82) is 0 Å². The number of rotatable bonds is 39. The first kappa shape index (κ1) is 53.8. The number of hydrogen-bond acceptors (Lipinski definition) is 7. The predicted octanol–water partition coefficient (Wildman–Crippen LogP) is 11.0. The largest absolute Gasteiger partial charge is 0.544 e. The van der Waals surface area contributed by atoms with Crippen LogP contribution in [-0.2, 0) is 28.6 Å². The van der Waals surface area contributed by atoms with Crippen LogP contribution in [0, 0.1) is 0 Å². The zero-order valence-corrected chi connectivity index (χ0v) is 37.0. The summed E-state index contributed by atoms with van der Waals surface area (Å²) in [5.74, 6) is -1.78. The number of carboxylic acids is 1. The number of hydrogen-bond donors (Lipinski definition) is 0. The summed E-state index contributed by atoms with van der Waals surface area (Å²) in [4.78, 5) is 36.9. The Bertz CT molecular complexity index is 1160. The number of allylic oxidation sites excluding steroid dienone is 12. The van der Waals surface area contributed by atoms with Gasteiger partial charge in [-0.25, -0.2) is 0 Å². The van der Waals surface area contributed by atoms with E-state index in [0.717, 1.165) is 96.3 Å². The van der Waals surface area contributed by atoms with Gasteiger partial charge in [0.25, 0.3) is 0 Å². The number of esters is 2. The Kier molecular flexibility index (Phi) is 37.3.